The molecule has 0 saturated carbocycles. The van der Waals surface area contributed by atoms with Crippen molar-refractivity contribution in [2.45, 2.75) is 105 Å². The van der Waals surface area contributed by atoms with E-state index in [1.807, 2.05) is 0 Å². The Morgan fingerprint density at radius 2 is 0.450 bits per heavy atom. The molecule has 2 aliphatic rings. The fraction of sp³-hybridized carbons (Fsp3) is 0.129. The molecule has 0 atom stereocenters. The lowest BCUT2D eigenvalue weighted by atomic mass is 9.33. The van der Waals surface area contributed by atoms with Gasteiger partial charge in [0.05, 0.1) is 61.2 Å². The lowest BCUT2D eigenvalue weighted by Crippen LogP contribution is -2.61. The molecule has 6 nitrogen and oxygen atoms in total. The third kappa shape index (κ3) is 12.7. The monoisotopic (exact) mass is 1680 g/mol. The van der Waals surface area contributed by atoms with Crippen LogP contribution in [0.2, 0.25) is 0 Å². The van der Waals surface area contributed by atoms with E-state index >= 15 is 0 Å². The van der Waals surface area contributed by atoms with Crippen molar-refractivity contribution in [2.24, 2.45) is 0 Å². The Morgan fingerprint density at radius 1 is 0.183 bits per heavy atom. The second-order valence-electron chi connectivity index (χ2n) is 40.5. The zero-order valence-electron chi connectivity index (χ0n) is 76.3. The summed E-state index contributed by atoms with van der Waals surface area (Å²) in [7, 11) is 0. The quantitative estimate of drug-likeness (QED) is 0.121. The highest BCUT2D eigenvalue weighted by atomic mass is 15.2. The number of nitrogens with zero attached hydrogens (tertiary/aromatic N) is 6. The van der Waals surface area contributed by atoms with Crippen molar-refractivity contribution < 1.29 is 0 Å². The van der Waals surface area contributed by atoms with Crippen LogP contribution in [0, 0.1) is 0 Å². The molecule has 131 heavy (non-hydrogen) atoms. The van der Waals surface area contributed by atoms with Gasteiger partial charge in [-0.15, -0.1) is 0 Å². The van der Waals surface area contributed by atoms with Crippen LogP contribution in [-0.2, 0) is 21.7 Å². The van der Waals surface area contributed by atoms with E-state index in [0.29, 0.717) is 0 Å². The molecular weight excluding hydrogens is 1580 g/mol. The van der Waals surface area contributed by atoms with E-state index < -0.39 is 0 Å². The largest absolute Gasteiger partial charge is 0.310 e. The number of para-hydroxylation sites is 4. The second-order valence-corrected chi connectivity index (χ2v) is 40.5. The first-order valence-electron chi connectivity index (χ1n) is 46.4. The number of anilines is 6. The normalized spacial score (nSPS) is 13.0. The molecule has 24 rings (SSSR count). The summed E-state index contributed by atoms with van der Waals surface area (Å²) >= 11 is 0. The highest BCUT2D eigenvalue weighted by Gasteiger charge is 2.47. The summed E-state index contributed by atoms with van der Waals surface area (Å²) in [5.41, 5.74) is 39.3. The van der Waals surface area contributed by atoms with Crippen LogP contribution in [0.3, 0.4) is 0 Å². The molecule has 0 fully saturated rings. The first-order chi connectivity index (χ1) is 63.5. The van der Waals surface area contributed by atoms with E-state index in [2.05, 4.69) is 505 Å². The molecular formula is C124H101BN6. The van der Waals surface area contributed by atoms with Crippen LogP contribution in [0.1, 0.15) is 105 Å². The van der Waals surface area contributed by atoms with E-state index in [-0.39, 0.29) is 28.4 Å². The molecule has 0 aliphatic carbocycles. The summed E-state index contributed by atoms with van der Waals surface area (Å²) in [6.07, 6.45) is 0. The van der Waals surface area contributed by atoms with Crippen molar-refractivity contribution >= 4 is 144 Å². The van der Waals surface area contributed by atoms with Gasteiger partial charge >= 0.3 is 0 Å². The Balaban J connectivity index is 0.901. The van der Waals surface area contributed by atoms with E-state index in [1.165, 1.54) is 71.0 Å². The van der Waals surface area contributed by atoms with Crippen molar-refractivity contribution in [3.63, 3.8) is 0 Å². The van der Waals surface area contributed by atoms with E-state index in [0.717, 1.165) is 167 Å². The lowest BCUT2D eigenvalue weighted by Gasteiger charge is -2.46. The maximum absolute atomic E-state index is 2.77. The molecule has 0 bridgehead atoms. The van der Waals surface area contributed by atoms with Crippen molar-refractivity contribution in [1.82, 2.24) is 18.3 Å². The number of aromatic nitrogens is 4. The number of rotatable bonds is 11. The minimum absolute atomic E-state index is 0.0982. The molecule has 0 spiro atoms. The number of benzene rings is 18. The fourth-order valence-corrected chi connectivity index (χ4v) is 21.7. The van der Waals surface area contributed by atoms with E-state index in [4.69, 9.17) is 0 Å². The molecule has 7 heteroatoms. The molecule has 2 aliphatic heterocycles. The van der Waals surface area contributed by atoms with Crippen molar-refractivity contribution in [3.8, 4) is 78.4 Å². The Hall–Kier alpha value is -15.2. The zero-order valence-corrected chi connectivity index (χ0v) is 76.3. The maximum Gasteiger partial charge on any atom is 0.252 e. The molecule has 0 N–H and O–H groups in total. The average molecular weight is 1690 g/mol. The number of fused-ring (bicyclic) bond motifs is 16. The minimum Gasteiger partial charge on any atom is -0.310 e. The van der Waals surface area contributed by atoms with Crippen LogP contribution in [-0.4, -0.2) is 25.0 Å². The van der Waals surface area contributed by atoms with Gasteiger partial charge in [0.25, 0.3) is 6.71 Å². The van der Waals surface area contributed by atoms with Crippen molar-refractivity contribution in [3.05, 3.63) is 417 Å². The first-order valence-corrected chi connectivity index (χ1v) is 46.4. The Labute approximate surface area is 766 Å². The molecule has 0 saturated heterocycles. The lowest BCUT2D eigenvalue weighted by molar-refractivity contribution is 0.590. The van der Waals surface area contributed by atoms with Gasteiger partial charge in [-0.3, -0.25) is 0 Å². The molecule has 630 valence electrons. The predicted molar refractivity (Wildman–Crippen MR) is 560 cm³/mol. The van der Waals surface area contributed by atoms with Crippen LogP contribution >= 0.6 is 0 Å². The van der Waals surface area contributed by atoms with Gasteiger partial charge in [0.15, 0.2) is 0 Å². The first kappa shape index (κ1) is 79.2. The Kier molecular flexibility index (Phi) is 18.0. The number of hydrogen-bond acceptors (Lipinski definition) is 2. The molecule has 22 aromatic rings. The molecule has 0 unspecified atom stereocenters. The van der Waals surface area contributed by atoms with Crippen LogP contribution in [0.5, 0.6) is 0 Å². The van der Waals surface area contributed by atoms with Gasteiger partial charge in [0.2, 0.25) is 0 Å². The van der Waals surface area contributed by atoms with Crippen LogP contribution in [0.25, 0.3) is 166 Å². The van der Waals surface area contributed by atoms with Crippen molar-refractivity contribution in [1.29, 1.82) is 0 Å². The Bertz CT molecular complexity index is 7960. The smallest absolute Gasteiger partial charge is 0.252 e. The average Bonchev–Trinajstić information content (AvgIpc) is 1.06. The van der Waals surface area contributed by atoms with E-state index in [9.17, 15) is 0 Å². The van der Waals surface area contributed by atoms with E-state index in [1.54, 1.807) is 0 Å². The van der Waals surface area contributed by atoms with Gasteiger partial charge in [-0.2, -0.15) is 0 Å². The number of hydrogen-bond donors (Lipinski definition) is 0. The van der Waals surface area contributed by atoms with Crippen LogP contribution in [0.15, 0.2) is 394 Å². The van der Waals surface area contributed by atoms with Crippen LogP contribution in [0.4, 0.5) is 34.1 Å². The zero-order chi connectivity index (χ0) is 88.8. The Morgan fingerprint density at radius 3 is 0.802 bits per heavy atom. The maximum atomic E-state index is 2.77. The topological polar surface area (TPSA) is 26.2 Å². The summed E-state index contributed by atoms with van der Waals surface area (Å²) in [5, 5.41) is 9.64. The highest BCUT2D eigenvalue weighted by Crippen LogP contribution is 2.57. The summed E-state index contributed by atoms with van der Waals surface area (Å²) in [6.45, 7) is 27.9. The molecule has 18 aromatic carbocycles. The SMILES string of the molecule is CC(C)(C)c1cc(-c2ccccc2)c(N2c3cc(-c4ccccc4)ccc3B3c4ccc(-n5c6ccc(C(C)(C)C)cc6c6cc(C(C)(C)C)ccc65)cc4N(c4c(-c5ccccc5)cc(C(C)(C)C)cc4-c4ccccc4)c4cc(-n5c6ccc(-n7c8ccccc8c8ccccc87)cc6c6cc(-n7c8ccccc8c8ccccc87)ccc65)cc2c43)c(-c2ccccc2)c1. The highest BCUT2D eigenvalue weighted by molar-refractivity contribution is 7.00. The summed E-state index contributed by atoms with van der Waals surface area (Å²) < 4.78 is 10.2. The van der Waals surface area contributed by atoms with Crippen LogP contribution < -0.4 is 26.2 Å². The third-order valence-corrected chi connectivity index (χ3v) is 28.3. The molecule has 6 heterocycles. The van der Waals surface area contributed by atoms with Gasteiger partial charge in [0, 0.05) is 105 Å². The molecule has 0 amide bonds. The van der Waals surface area contributed by atoms with Gasteiger partial charge in [0.1, 0.15) is 0 Å². The van der Waals surface area contributed by atoms with Crippen molar-refractivity contribution in [2.75, 3.05) is 9.80 Å². The van der Waals surface area contributed by atoms with Gasteiger partial charge in [-0.1, -0.05) is 338 Å². The minimum atomic E-state index is -0.337. The summed E-state index contributed by atoms with van der Waals surface area (Å²) in [6, 6.07) is 151. The predicted octanol–water partition coefficient (Wildman–Crippen LogP) is 31.7. The molecule has 4 aromatic heterocycles. The fourth-order valence-electron chi connectivity index (χ4n) is 21.7. The standard InChI is InChI=1S/C124H101BN6/c1-121(2,3)84-55-62-110-100(67-84)101-68-85(122(4,5)6)56-63-111(101)128(110)90-57-61-105-115(75-90)131(120-98(81-42-24-16-25-43-81)71-87(124(10,11)12)72-99(120)82-44-26-17-27-45-82)117-77-91(76-116-118(117)125(105)104-60-54-83(78-36-18-13-19-37-78)66-114(104)130(116)119-96(79-38-20-14-21-39-79)69-86(123(7,8)9)70-97(119)80-40-22-15-23-41-80)129-112-64-58-88(126-106-50-32-28-46-92(106)93-47-29-33-51-107(93)126)73-102(112)103-74-89(59-65-113(103)129)127-108-52-34-30-48-94(108)95-49-31-35-53-109(95)127/h13-77H,1-12H3. The van der Waals surface area contributed by atoms with Gasteiger partial charge < -0.3 is 28.1 Å². The van der Waals surface area contributed by atoms with Gasteiger partial charge in [-0.25, -0.2) is 0 Å². The third-order valence-electron chi connectivity index (χ3n) is 28.3. The van der Waals surface area contributed by atoms with Gasteiger partial charge in [-0.05, 0) is 233 Å². The molecule has 0 radical (unpaired) electrons. The summed E-state index contributed by atoms with van der Waals surface area (Å²) in [4.78, 5) is 5.52. The second kappa shape index (κ2) is 29.7. The summed E-state index contributed by atoms with van der Waals surface area (Å²) in [5.74, 6) is 0.